The second kappa shape index (κ2) is 3.48. The monoisotopic (exact) mass is 209 g/mol. The summed E-state index contributed by atoms with van der Waals surface area (Å²) in [6.45, 7) is 2.06. The Morgan fingerprint density at radius 1 is 1.38 bits per heavy atom. The number of thiazole rings is 1. The summed E-state index contributed by atoms with van der Waals surface area (Å²) in [5.74, 6) is 0. The van der Waals surface area contributed by atoms with Crippen molar-refractivity contribution in [3.8, 4) is 10.4 Å². The summed E-state index contributed by atoms with van der Waals surface area (Å²) in [4.78, 5) is 5.24. The zero-order valence-corrected chi connectivity index (χ0v) is 8.69. The average molecular weight is 210 g/mol. The number of benzene rings is 1. The van der Waals surface area contributed by atoms with E-state index in [-0.39, 0.29) is 0 Å². The lowest BCUT2D eigenvalue weighted by Gasteiger charge is -2.02. The van der Waals surface area contributed by atoms with Gasteiger partial charge >= 0.3 is 0 Å². The van der Waals surface area contributed by atoms with E-state index in [4.69, 9.17) is 11.6 Å². The molecule has 0 unspecified atom stereocenters. The quantitative estimate of drug-likeness (QED) is 0.697. The number of hydrogen-bond donors (Lipinski definition) is 0. The maximum Gasteiger partial charge on any atom is 0.0797 e. The standard InChI is InChI=1S/C10H8ClNS/c1-7-4-8(11)2-3-9(7)10-5-12-6-13-10/h2-6H,1H3. The van der Waals surface area contributed by atoms with Gasteiger partial charge < -0.3 is 0 Å². The molecule has 0 atom stereocenters. The van der Waals surface area contributed by atoms with Crippen LogP contribution in [0.3, 0.4) is 0 Å². The molecule has 0 spiro atoms. The van der Waals surface area contributed by atoms with Gasteiger partial charge in [0.25, 0.3) is 0 Å². The van der Waals surface area contributed by atoms with Gasteiger partial charge in [-0.3, -0.25) is 4.98 Å². The van der Waals surface area contributed by atoms with Gasteiger partial charge in [-0.15, -0.1) is 11.3 Å². The molecule has 0 fully saturated rings. The van der Waals surface area contributed by atoms with Crippen LogP contribution in [0.15, 0.2) is 29.9 Å². The SMILES string of the molecule is Cc1cc(Cl)ccc1-c1cncs1. The fourth-order valence-corrected chi connectivity index (χ4v) is 2.19. The molecule has 13 heavy (non-hydrogen) atoms. The third-order valence-corrected chi connectivity index (χ3v) is 2.93. The molecule has 0 aliphatic rings. The zero-order chi connectivity index (χ0) is 9.26. The van der Waals surface area contributed by atoms with Crippen molar-refractivity contribution in [2.75, 3.05) is 0 Å². The first-order valence-corrected chi connectivity index (χ1v) is 5.18. The van der Waals surface area contributed by atoms with Crippen molar-refractivity contribution < 1.29 is 0 Å². The van der Waals surface area contributed by atoms with Crippen LogP contribution in [0.5, 0.6) is 0 Å². The van der Waals surface area contributed by atoms with E-state index in [2.05, 4.69) is 11.9 Å². The molecule has 1 heterocycles. The molecule has 0 radical (unpaired) electrons. The minimum atomic E-state index is 0.783. The van der Waals surface area contributed by atoms with E-state index in [0.29, 0.717) is 0 Å². The smallest absolute Gasteiger partial charge is 0.0797 e. The van der Waals surface area contributed by atoms with E-state index >= 15 is 0 Å². The number of halogens is 1. The van der Waals surface area contributed by atoms with E-state index < -0.39 is 0 Å². The summed E-state index contributed by atoms with van der Waals surface area (Å²) in [7, 11) is 0. The van der Waals surface area contributed by atoms with E-state index in [1.54, 1.807) is 11.3 Å². The predicted octanol–water partition coefficient (Wildman–Crippen LogP) is 3.77. The molecular formula is C10H8ClNS. The largest absolute Gasteiger partial charge is 0.252 e. The molecule has 2 aromatic rings. The van der Waals surface area contributed by atoms with Crippen LogP contribution in [0.25, 0.3) is 10.4 Å². The third kappa shape index (κ3) is 1.74. The van der Waals surface area contributed by atoms with Gasteiger partial charge in [0.1, 0.15) is 0 Å². The third-order valence-electron chi connectivity index (χ3n) is 1.89. The summed E-state index contributed by atoms with van der Waals surface area (Å²) in [5, 5.41) is 0.783. The van der Waals surface area contributed by atoms with E-state index in [1.165, 1.54) is 16.0 Å². The minimum Gasteiger partial charge on any atom is -0.252 e. The summed E-state index contributed by atoms with van der Waals surface area (Å²) in [6.07, 6.45) is 1.88. The van der Waals surface area contributed by atoms with Gasteiger partial charge in [-0.2, -0.15) is 0 Å². The fourth-order valence-electron chi connectivity index (χ4n) is 1.25. The first kappa shape index (κ1) is 8.73. The molecule has 0 aliphatic heterocycles. The van der Waals surface area contributed by atoms with Gasteiger partial charge in [0, 0.05) is 11.2 Å². The van der Waals surface area contributed by atoms with Crippen LogP contribution in [0.2, 0.25) is 5.02 Å². The Hall–Kier alpha value is -0.860. The molecule has 0 saturated carbocycles. The Balaban J connectivity index is 2.53. The van der Waals surface area contributed by atoms with Gasteiger partial charge in [0.2, 0.25) is 0 Å². The maximum absolute atomic E-state index is 5.87. The summed E-state index contributed by atoms with van der Waals surface area (Å²) in [6, 6.07) is 5.91. The molecule has 1 nitrogen and oxygen atoms in total. The van der Waals surface area contributed by atoms with Crippen LogP contribution >= 0.6 is 22.9 Å². The van der Waals surface area contributed by atoms with Gasteiger partial charge in [0.15, 0.2) is 0 Å². The Labute approximate surface area is 86.0 Å². The molecular weight excluding hydrogens is 202 g/mol. The van der Waals surface area contributed by atoms with E-state index in [9.17, 15) is 0 Å². The molecule has 2 rings (SSSR count). The molecule has 0 saturated heterocycles. The van der Waals surface area contributed by atoms with Gasteiger partial charge in [-0.1, -0.05) is 17.7 Å². The molecule has 66 valence electrons. The second-order valence-electron chi connectivity index (χ2n) is 2.82. The Morgan fingerprint density at radius 3 is 2.85 bits per heavy atom. The number of hydrogen-bond acceptors (Lipinski definition) is 2. The van der Waals surface area contributed by atoms with Crippen LogP contribution in [0, 0.1) is 6.92 Å². The molecule has 0 N–H and O–H groups in total. The summed E-state index contributed by atoms with van der Waals surface area (Å²) < 4.78 is 0. The minimum absolute atomic E-state index is 0.783. The summed E-state index contributed by atoms with van der Waals surface area (Å²) >= 11 is 7.51. The van der Waals surface area contributed by atoms with Crippen molar-refractivity contribution in [2.45, 2.75) is 6.92 Å². The molecule has 0 amide bonds. The topological polar surface area (TPSA) is 12.9 Å². The van der Waals surface area contributed by atoms with Crippen molar-refractivity contribution in [2.24, 2.45) is 0 Å². The first-order chi connectivity index (χ1) is 6.27. The van der Waals surface area contributed by atoms with Crippen LogP contribution in [-0.2, 0) is 0 Å². The Bertz CT molecular complexity index is 409. The molecule has 0 aliphatic carbocycles. The normalized spacial score (nSPS) is 10.3. The van der Waals surface area contributed by atoms with Crippen LogP contribution in [-0.4, -0.2) is 4.98 Å². The highest BCUT2D eigenvalue weighted by Crippen LogP contribution is 2.28. The van der Waals surface area contributed by atoms with Crippen molar-refractivity contribution in [3.63, 3.8) is 0 Å². The predicted molar refractivity (Wildman–Crippen MR) is 57.3 cm³/mol. The maximum atomic E-state index is 5.87. The van der Waals surface area contributed by atoms with Crippen molar-refractivity contribution >= 4 is 22.9 Å². The van der Waals surface area contributed by atoms with Gasteiger partial charge in [-0.05, 0) is 30.2 Å². The van der Waals surface area contributed by atoms with Gasteiger partial charge in [0.05, 0.1) is 10.4 Å². The van der Waals surface area contributed by atoms with Crippen molar-refractivity contribution in [3.05, 3.63) is 40.5 Å². The highest BCUT2D eigenvalue weighted by atomic mass is 35.5. The molecule has 3 heteroatoms. The molecule has 0 bridgehead atoms. The van der Waals surface area contributed by atoms with Crippen LogP contribution in [0.4, 0.5) is 0 Å². The lowest BCUT2D eigenvalue weighted by molar-refractivity contribution is 1.41. The zero-order valence-electron chi connectivity index (χ0n) is 7.12. The summed E-state index contributed by atoms with van der Waals surface area (Å²) in [5.41, 5.74) is 4.24. The van der Waals surface area contributed by atoms with Crippen LogP contribution in [0.1, 0.15) is 5.56 Å². The lowest BCUT2D eigenvalue weighted by Crippen LogP contribution is -1.79. The van der Waals surface area contributed by atoms with Gasteiger partial charge in [-0.25, -0.2) is 0 Å². The average Bonchev–Trinajstić information content (AvgIpc) is 2.56. The Kier molecular flexibility index (Phi) is 2.34. The van der Waals surface area contributed by atoms with Crippen LogP contribution < -0.4 is 0 Å². The number of rotatable bonds is 1. The lowest BCUT2D eigenvalue weighted by atomic mass is 10.1. The molecule has 1 aromatic heterocycles. The van der Waals surface area contributed by atoms with Crippen molar-refractivity contribution in [1.29, 1.82) is 0 Å². The first-order valence-electron chi connectivity index (χ1n) is 3.92. The highest BCUT2D eigenvalue weighted by molar-refractivity contribution is 7.13. The van der Waals surface area contributed by atoms with E-state index in [1.807, 2.05) is 29.9 Å². The number of aromatic nitrogens is 1. The Morgan fingerprint density at radius 2 is 2.23 bits per heavy atom. The number of aryl methyl sites for hydroxylation is 1. The molecule has 1 aromatic carbocycles. The fraction of sp³-hybridized carbons (Fsp3) is 0.100. The van der Waals surface area contributed by atoms with Crippen molar-refractivity contribution in [1.82, 2.24) is 4.98 Å². The number of nitrogens with zero attached hydrogens (tertiary/aromatic N) is 1. The highest BCUT2D eigenvalue weighted by Gasteiger charge is 2.02. The van der Waals surface area contributed by atoms with E-state index in [0.717, 1.165) is 5.02 Å². The second-order valence-corrected chi connectivity index (χ2v) is 4.15.